The van der Waals surface area contributed by atoms with Crippen molar-refractivity contribution in [2.75, 3.05) is 13.2 Å². The number of hydrogen-bond acceptors (Lipinski definition) is 2. The maximum Gasteiger partial charge on any atom is 0.0812 e. The van der Waals surface area contributed by atoms with Gasteiger partial charge in [0.2, 0.25) is 0 Å². The molecule has 0 radical (unpaired) electrons. The van der Waals surface area contributed by atoms with Crippen LogP contribution in [0.4, 0.5) is 0 Å². The van der Waals surface area contributed by atoms with Crippen LogP contribution < -0.4 is 0 Å². The molecule has 11 heavy (non-hydrogen) atoms. The summed E-state index contributed by atoms with van der Waals surface area (Å²) in [5.74, 6) is 0.843. The van der Waals surface area contributed by atoms with E-state index in [1.807, 2.05) is 0 Å². The zero-order valence-electron chi connectivity index (χ0n) is 7.08. The number of hydrogen-bond donors (Lipinski definition) is 0. The molecule has 2 rings (SSSR count). The quantitative estimate of drug-likeness (QED) is 0.565. The van der Waals surface area contributed by atoms with Crippen molar-refractivity contribution in [3.8, 4) is 0 Å². The molecule has 2 saturated heterocycles. The molecular formula is C9H16O2. The monoisotopic (exact) mass is 156 g/mol. The molecule has 2 aliphatic rings. The van der Waals surface area contributed by atoms with E-state index in [1.165, 1.54) is 19.3 Å². The van der Waals surface area contributed by atoms with E-state index in [0.29, 0.717) is 12.2 Å². The highest BCUT2D eigenvalue weighted by Gasteiger charge is 2.30. The Hall–Kier alpha value is -0.0800. The van der Waals surface area contributed by atoms with E-state index in [-0.39, 0.29) is 0 Å². The smallest absolute Gasteiger partial charge is 0.0812 e. The van der Waals surface area contributed by atoms with Crippen molar-refractivity contribution in [2.24, 2.45) is 5.92 Å². The molecule has 0 aromatic carbocycles. The van der Waals surface area contributed by atoms with Gasteiger partial charge in [0.1, 0.15) is 0 Å². The van der Waals surface area contributed by atoms with E-state index in [1.54, 1.807) is 0 Å². The third kappa shape index (κ3) is 2.46. The van der Waals surface area contributed by atoms with Gasteiger partial charge in [0, 0.05) is 0 Å². The third-order valence-electron chi connectivity index (χ3n) is 2.57. The van der Waals surface area contributed by atoms with Crippen molar-refractivity contribution >= 4 is 0 Å². The topological polar surface area (TPSA) is 25.1 Å². The van der Waals surface area contributed by atoms with Crippen molar-refractivity contribution < 1.29 is 9.47 Å². The minimum absolute atomic E-state index is 0.596. The van der Waals surface area contributed by atoms with E-state index < -0.39 is 0 Å². The van der Waals surface area contributed by atoms with Crippen molar-refractivity contribution in [2.45, 2.75) is 38.4 Å². The molecule has 0 aromatic heterocycles. The summed E-state index contributed by atoms with van der Waals surface area (Å²) in [4.78, 5) is 0. The fraction of sp³-hybridized carbons (Fsp3) is 1.00. The minimum Gasteiger partial charge on any atom is -0.373 e. The second-order valence-corrected chi connectivity index (χ2v) is 3.66. The van der Waals surface area contributed by atoms with Crippen LogP contribution in [-0.2, 0) is 9.47 Å². The molecule has 0 spiro atoms. The Labute approximate surface area is 67.9 Å². The van der Waals surface area contributed by atoms with E-state index >= 15 is 0 Å². The fourth-order valence-corrected chi connectivity index (χ4v) is 1.58. The molecule has 2 fully saturated rings. The van der Waals surface area contributed by atoms with Crippen LogP contribution in [-0.4, -0.2) is 25.4 Å². The summed E-state index contributed by atoms with van der Waals surface area (Å²) in [7, 11) is 0. The van der Waals surface area contributed by atoms with Gasteiger partial charge in [-0.15, -0.1) is 0 Å². The predicted molar refractivity (Wildman–Crippen MR) is 42.5 cm³/mol. The molecule has 2 atom stereocenters. The lowest BCUT2D eigenvalue weighted by Gasteiger charge is -2.10. The first-order valence-electron chi connectivity index (χ1n) is 4.61. The standard InChI is InChI=1S/C9H16O2/c1-2-7(3-8-5-10-8)4-9-6-11-9/h7-9H,2-6H2,1H3. The molecule has 0 aromatic rings. The predicted octanol–water partition coefficient (Wildman–Crippen LogP) is 1.59. The largest absolute Gasteiger partial charge is 0.373 e. The van der Waals surface area contributed by atoms with Gasteiger partial charge < -0.3 is 9.47 Å². The van der Waals surface area contributed by atoms with Crippen LogP contribution in [0, 0.1) is 5.92 Å². The Morgan fingerprint density at radius 2 is 1.64 bits per heavy atom. The zero-order chi connectivity index (χ0) is 7.68. The first-order chi connectivity index (χ1) is 5.38. The Kier molecular flexibility index (Phi) is 2.14. The Morgan fingerprint density at radius 3 is 1.91 bits per heavy atom. The summed E-state index contributed by atoms with van der Waals surface area (Å²) in [6.07, 6.45) is 4.99. The molecule has 2 heteroatoms. The van der Waals surface area contributed by atoms with Crippen LogP contribution >= 0.6 is 0 Å². The van der Waals surface area contributed by atoms with Crippen LogP contribution in [0.15, 0.2) is 0 Å². The maximum absolute atomic E-state index is 5.20. The molecule has 0 amide bonds. The highest BCUT2D eigenvalue weighted by Crippen LogP contribution is 2.28. The highest BCUT2D eigenvalue weighted by atomic mass is 16.6. The van der Waals surface area contributed by atoms with Gasteiger partial charge in [0.25, 0.3) is 0 Å². The summed E-state index contributed by atoms with van der Waals surface area (Å²) in [6.45, 7) is 4.26. The van der Waals surface area contributed by atoms with Gasteiger partial charge >= 0.3 is 0 Å². The lowest BCUT2D eigenvalue weighted by molar-refractivity contribution is 0.302. The van der Waals surface area contributed by atoms with E-state index in [2.05, 4.69) is 6.92 Å². The molecule has 0 N–H and O–H groups in total. The van der Waals surface area contributed by atoms with Gasteiger partial charge in [-0.1, -0.05) is 13.3 Å². The van der Waals surface area contributed by atoms with Gasteiger partial charge in [-0.3, -0.25) is 0 Å². The molecule has 0 saturated carbocycles. The van der Waals surface area contributed by atoms with E-state index in [9.17, 15) is 0 Å². The van der Waals surface area contributed by atoms with Crippen LogP contribution in [0.3, 0.4) is 0 Å². The first-order valence-corrected chi connectivity index (χ1v) is 4.61. The summed E-state index contributed by atoms with van der Waals surface area (Å²) in [6, 6.07) is 0. The van der Waals surface area contributed by atoms with Gasteiger partial charge in [-0.25, -0.2) is 0 Å². The zero-order valence-corrected chi connectivity index (χ0v) is 7.08. The Bertz CT molecular complexity index is 114. The SMILES string of the molecule is CCC(CC1CO1)CC1CO1. The Morgan fingerprint density at radius 1 is 1.18 bits per heavy atom. The molecular weight excluding hydrogens is 140 g/mol. The van der Waals surface area contributed by atoms with E-state index in [0.717, 1.165) is 19.1 Å². The van der Waals surface area contributed by atoms with Crippen molar-refractivity contribution in [1.82, 2.24) is 0 Å². The van der Waals surface area contributed by atoms with Gasteiger partial charge in [-0.05, 0) is 18.8 Å². The lowest BCUT2D eigenvalue weighted by atomic mass is 9.95. The van der Waals surface area contributed by atoms with Crippen LogP contribution in [0.5, 0.6) is 0 Å². The van der Waals surface area contributed by atoms with Gasteiger partial charge in [0.15, 0.2) is 0 Å². The Balaban J connectivity index is 1.65. The molecule has 0 bridgehead atoms. The average Bonchev–Trinajstić information content (AvgIpc) is 2.78. The second-order valence-electron chi connectivity index (χ2n) is 3.66. The van der Waals surface area contributed by atoms with Crippen LogP contribution in [0.2, 0.25) is 0 Å². The first kappa shape index (κ1) is 7.56. The van der Waals surface area contributed by atoms with Crippen LogP contribution in [0.1, 0.15) is 26.2 Å². The van der Waals surface area contributed by atoms with Crippen molar-refractivity contribution in [3.05, 3.63) is 0 Å². The van der Waals surface area contributed by atoms with Crippen LogP contribution in [0.25, 0.3) is 0 Å². The summed E-state index contributed by atoms with van der Waals surface area (Å²) >= 11 is 0. The summed E-state index contributed by atoms with van der Waals surface area (Å²) < 4.78 is 10.4. The summed E-state index contributed by atoms with van der Waals surface area (Å²) in [5, 5.41) is 0. The second kappa shape index (κ2) is 3.11. The molecule has 2 aliphatic heterocycles. The minimum atomic E-state index is 0.596. The third-order valence-corrected chi connectivity index (χ3v) is 2.57. The van der Waals surface area contributed by atoms with Crippen molar-refractivity contribution in [1.29, 1.82) is 0 Å². The normalized spacial score (nSPS) is 36.8. The number of rotatable bonds is 5. The average molecular weight is 156 g/mol. The molecule has 64 valence electrons. The summed E-state index contributed by atoms with van der Waals surface area (Å²) in [5.41, 5.74) is 0. The van der Waals surface area contributed by atoms with Gasteiger partial charge in [0.05, 0.1) is 25.4 Å². The van der Waals surface area contributed by atoms with Gasteiger partial charge in [-0.2, -0.15) is 0 Å². The molecule has 2 heterocycles. The maximum atomic E-state index is 5.20. The van der Waals surface area contributed by atoms with E-state index in [4.69, 9.17) is 9.47 Å². The molecule has 2 nitrogen and oxygen atoms in total. The molecule has 0 aliphatic carbocycles. The molecule has 2 unspecified atom stereocenters. The van der Waals surface area contributed by atoms with Crippen molar-refractivity contribution in [3.63, 3.8) is 0 Å². The number of ether oxygens (including phenoxy) is 2. The highest BCUT2D eigenvalue weighted by molar-refractivity contribution is 4.79. The lowest BCUT2D eigenvalue weighted by Crippen LogP contribution is -2.06. The fourth-order valence-electron chi connectivity index (χ4n) is 1.58. The number of epoxide rings is 2.